The average molecular weight is 382 g/mol. The zero-order chi connectivity index (χ0) is 19.3. The van der Waals surface area contributed by atoms with Crippen LogP contribution in [0.4, 0.5) is 11.4 Å². The number of halogens is 1. The van der Waals surface area contributed by atoms with Gasteiger partial charge in [0.15, 0.2) is 11.5 Å². The van der Waals surface area contributed by atoms with Crippen LogP contribution in [0, 0.1) is 20.2 Å². The van der Waals surface area contributed by atoms with E-state index in [4.69, 9.17) is 26.3 Å². The van der Waals surface area contributed by atoms with E-state index in [9.17, 15) is 20.2 Å². The van der Waals surface area contributed by atoms with E-state index in [0.717, 1.165) is 24.4 Å². The van der Waals surface area contributed by atoms with Gasteiger partial charge in [-0.15, -0.1) is 0 Å². The minimum Gasteiger partial charge on any atom is -0.490 e. The maximum atomic E-state index is 11.2. The molecule has 11 heteroatoms. The SMILES string of the molecule is CCOc1cc(/C=N/O)cc(Cl)c1Oc1ccc([N+](=O)[O-])cc1[N+](=O)[O-]. The van der Waals surface area contributed by atoms with Gasteiger partial charge in [-0.1, -0.05) is 16.8 Å². The summed E-state index contributed by atoms with van der Waals surface area (Å²) in [7, 11) is 0. The van der Waals surface area contributed by atoms with Crippen LogP contribution in [0.1, 0.15) is 12.5 Å². The molecule has 0 bridgehead atoms. The van der Waals surface area contributed by atoms with Crippen LogP contribution in [0.25, 0.3) is 0 Å². The van der Waals surface area contributed by atoms with Crippen molar-refractivity contribution in [1.29, 1.82) is 0 Å². The van der Waals surface area contributed by atoms with Gasteiger partial charge in [-0.3, -0.25) is 20.2 Å². The molecule has 1 N–H and O–H groups in total. The van der Waals surface area contributed by atoms with E-state index < -0.39 is 21.2 Å². The highest BCUT2D eigenvalue weighted by molar-refractivity contribution is 6.32. The van der Waals surface area contributed by atoms with Gasteiger partial charge in [-0.05, 0) is 25.1 Å². The first-order chi connectivity index (χ1) is 12.4. The minimum absolute atomic E-state index is 0.0134. The molecule has 0 atom stereocenters. The van der Waals surface area contributed by atoms with Crippen molar-refractivity contribution < 1.29 is 24.5 Å². The third-order valence-corrected chi connectivity index (χ3v) is 3.38. The topological polar surface area (TPSA) is 137 Å². The second-order valence-corrected chi connectivity index (χ2v) is 5.18. The van der Waals surface area contributed by atoms with Crippen LogP contribution < -0.4 is 9.47 Å². The Bertz CT molecular complexity index is 886. The summed E-state index contributed by atoms with van der Waals surface area (Å²) in [5.41, 5.74) is -0.639. The summed E-state index contributed by atoms with van der Waals surface area (Å²) >= 11 is 6.14. The third kappa shape index (κ3) is 4.16. The molecule has 0 saturated heterocycles. The fraction of sp³-hybridized carbons (Fsp3) is 0.133. The molecule has 0 aromatic heterocycles. The average Bonchev–Trinajstić information content (AvgIpc) is 2.58. The van der Waals surface area contributed by atoms with Gasteiger partial charge in [-0.25, -0.2) is 0 Å². The number of nitro benzene ring substituents is 2. The first-order valence-electron chi connectivity index (χ1n) is 7.11. The molecule has 0 aliphatic rings. The Morgan fingerprint density at radius 3 is 2.50 bits per heavy atom. The van der Waals surface area contributed by atoms with E-state index in [1.165, 1.54) is 12.1 Å². The molecule has 0 aliphatic heterocycles. The number of rotatable bonds is 7. The van der Waals surface area contributed by atoms with Crippen molar-refractivity contribution in [2.24, 2.45) is 5.16 Å². The van der Waals surface area contributed by atoms with Crippen molar-refractivity contribution in [2.75, 3.05) is 6.61 Å². The summed E-state index contributed by atoms with van der Waals surface area (Å²) in [5.74, 6) is -0.102. The van der Waals surface area contributed by atoms with Crippen LogP contribution in [0.3, 0.4) is 0 Å². The number of ether oxygens (including phenoxy) is 2. The van der Waals surface area contributed by atoms with Gasteiger partial charge in [0, 0.05) is 11.6 Å². The van der Waals surface area contributed by atoms with Crippen LogP contribution in [0.5, 0.6) is 17.2 Å². The van der Waals surface area contributed by atoms with Crippen molar-refractivity contribution >= 4 is 29.2 Å². The van der Waals surface area contributed by atoms with Gasteiger partial charge in [0.1, 0.15) is 0 Å². The van der Waals surface area contributed by atoms with Gasteiger partial charge in [0.2, 0.25) is 5.75 Å². The molecule has 0 aliphatic carbocycles. The van der Waals surface area contributed by atoms with Crippen molar-refractivity contribution in [3.63, 3.8) is 0 Å². The molecular formula is C15H12ClN3O7. The lowest BCUT2D eigenvalue weighted by atomic mass is 10.2. The predicted octanol–water partition coefficient (Wildman–Crippen LogP) is 4.16. The quantitative estimate of drug-likeness (QED) is 0.329. The van der Waals surface area contributed by atoms with E-state index in [0.29, 0.717) is 5.56 Å². The van der Waals surface area contributed by atoms with Crippen molar-refractivity contribution in [2.45, 2.75) is 6.92 Å². The lowest BCUT2D eigenvalue weighted by molar-refractivity contribution is -0.394. The molecule has 0 fully saturated rings. The normalized spacial score (nSPS) is 10.7. The zero-order valence-corrected chi connectivity index (χ0v) is 14.0. The first kappa shape index (κ1) is 18.9. The van der Waals surface area contributed by atoms with Gasteiger partial charge >= 0.3 is 5.69 Å². The molecule has 0 unspecified atom stereocenters. The Morgan fingerprint density at radius 2 is 1.92 bits per heavy atom. The summed E-state index contributed by atoms with van der Waals surface area (Å²) < 4.78 is 10.9. The molecule has 0 amide bonds. The zero-order valence-electron chi connectivity index (χ0n) is 13.3. The van der Waals surface area contributed by atoms with E-state index in [1.807, 2.05) is 0 Å². The number of hydrogen-bond acceptors (Lipinski definition) is 8. The smallest absolute Gasteiger partial charge is 0.318 e. The summed E-state index contributed by atoms with van der Waals surface area (Å²) in [6.07, 6.45) is 1.12. The fourth-order valence-electron chi connectivity index (χ4n) is 2.05. The molecule has 10 nitrogen and oxygen atoms in total. The van der Waals surface area contributed by atoms with E-state index in [-0.39, 0.29) is 28.9 Å². The second kappa shape index (κ2) is 8.12. The minimum atomic E-state index is -0.802. The maximum absolute atomic E-state index is 11.2. The molecular weight excluding hydrogens is 370 g/mol. The molecule has 0 heterocycles. The molecule has 2 rings (SSSR count). The maximum Gasteiger partial charge on any atom is 0.318 e. The van der Waals surface area contributed by atoms with Gasteiger partial charge in [0.25, 0.3) is 5.69 Å². The summed E-state index contributed by atoms with van der Waals surface area (Å²) in [6.45, 7) is 1.95. The summed E-state index contributed by atoms with van der Waals surface area (Å²) in [5, 5.41) is 33.6. The molecule has 0 spiro atoms. The molecule has 26 heavy (non-hydrogen) atoms. The molecule has 0 radical (unpaired) electrons. The van der Waals surface area contributed by atoms with Crippen LogP contribution >= 0.6 is 11.6 Å². The Morgan fingerprint density at radius 1 is 1.19 bits per heavy atom. The number of benzene rings is 2. The Balaban J connectivity index is 2.53. The highest BCUT2D eigenvalue weighted by Gasteiger charge is 2.23. The standard InChI is InChI=1S/C15H12ClN3O7/c1-2-25-14-6-9(8-17-20)5-11(16)15(14)26-13-4-3-10(18(21)22)7-12(13)19(23)24/h3-8,20H,2H2,1H3/b17-8+. The molecule has 2 aromatic rings. The Labute approximate surface area is 151 Å². The Hall–Kier alpha value is -3.40. The van der Waals surface area contributed by atoms with Gasteiger partial charge in [0.05, 0.1) is 33.8 Å². The molecule has 2 aromatic carbocycles. The third-order valence-electron chi connectivity index (χ3n) is 3.10. The number of nitro groups is 2. The van der Waals surface area contributed by atoms with Crippen molar-refractivity contribution in [3.8, 4) is 17.2 Å². The number of hydrogen-bond donors (Lipinski definition) is 1. The number of nitrogens with zero attached hydrogens (tertiary/aromatic N) is 3. The molecule has 136 valence electrons. The summed E-state index contributed by atoms with van der Waals surface area (Å²) in [6, 6.07) is 5.82. The fourth-order valence-corrected chi connectivity index (χ4v) is 2.31. The van der Waals surface area contributed by atoms with E-state index in [1.54, 1.807) is 6.92 Å². The predicted molar refractivity (Wildman–Crippen MR) is 91.8 cm³/mol. The second-order valence-electron chi connectivity index (χ2n) is 4.78. The lowest BCUT2D eigenvalue weighted by Crippen LogP contribution is -2.00. The van der Waals surface area contributed by atoms with Crippen LogP contribution in [-0.2, 0) is 0 Å². The highest BCUT2D eigenvalue weighted by Crippen LogP contribution is 2.42. The Kier molecular flexibility index (Phi) is 5.91. The largest absolute Gasteiger partial charge is 0.490 e. The highest BCUT2D eigenvalue weighted by atomic mass is 35.5. The molecule has 0 saturated carbocycles. The monoisotopic (exact) mass is 381 g/mol. The number of non-ortho nitro benzene ring substituents is 1. The van der Waals surface area contributed by atoms with Crippen LogP contribution in [0.2, 0.25) is 5.02 Å². The van der Waals surface area contributed by atoms with Gasteiger partial charge < -0.3 is 14.7 Å². The van der Waals surface area contributed by atoms with Gasteiger partial charge in [-0.2, -0.15) is 0 Å². The van der Waals surface area contributed by atoms with Crippen molar-refractivity contribution in [3.05, 3.63) is 61.1 Å². The van der Waals surface area contributed by atoms with Crippen LogP contribution in [-0.4, -0.2) is 27.9 Å². The summed E-state index contributed by atoms with van der Waals surface area (Å²) in [4.78, 5) is 20.5. The van der Waals surface area contributed by atoms with E-state index >= 15 is 0 Å². The first-order valence-corrected chi connectivity index (χ1v) is 7.49. The van der Waals surface area contributed by atoms with Crippen LogP contribution in [0.15, 0.2) is 35.5 Å². The van der Waals surface area contributed by atoms with E-state index in [2.05, 4.69) is 5.16 Å². The number of oxime groups is 1. The van der Waals surface area contributed by atoms with Crippen molar-refractivity contribution in [1.82, 2.24) is 0 Å². The lowest BCUT2D eigenvalue weighted by Gasteiger charge is -2.14.